The van der Waals surface area contributed by atoms with Gasteiger partial charge < -0.3 is 9.72 Å². The van der Waals surface area contributed by atoms with E-state index in [2.05, 4.69) is 11.6 Å². The maximum atomic E-state index is 13.0. The first kappa shape index (κ1) is 17.6. The number of nitrogens with one attached hydrogen (secondary N) is 1. The lowest BCUT2D eigenvalue weighted by molar-refractivity contribution is 0.193. The summed E-state index contributed by atoms with van der Waals surface area (Å²) in [6.45, 7) is 4.26. The number of anilines is 1. The van der Waals surface area contributed by atoms with Crippen LogP contribution in [0.4, 0.5) is 5.69 Å². The van der Waals surface area contributed by atoms with Gasteiger partial charge in [0.1, 0.15) is 0 Å². The predicted molar refractivity (Wildman–Crippen MR) is 98.8 cm³/mol. The maximum Gasteiger partial charge on any atom is 0.238 e. The number of ether oxygens (including phenoxy) is 1. The quantitative estimate of drug-likeness (QED) is 0.793. The van der Waals surface area contributed by atoms with Gasteiger partial charge in [-0.05, 0) is 24.5 Å². The van der Waals surface area contributed by atoms with E-state index in [-0.39, 0.29) is 6.54 Å². The molecule has 0 bridgehead atoms. The Morgan fingerprint density at radius 1 is 1.46 bits per heavy atom. The summed E-state index contributed by atoms with van der Waals surface area (Å²) in [7, 11) is -1.97. The van der Waals surface area contributed by atoms with Crippen molar-refractivity contribution in [2.75, 3.05) is 24.6 Å². The third kappa shape index (κ3) is 2.71. The van der Waals surface area contributed by atoms with Crippen molar-refractivity contribution in [1.29, 1.82) is 0 Å². The van der Waals surface area contributed by atoms with Crippen molar-refractivity contribution in [3.63, 3.8) is 0 Å². The summed E-state index contributed by atoms with van der Waals surface area (Å²) < 4.78 is 32.6. The minimum absolute atomic E-state index is 0.187. The Labute approximate surface area is 151 Å². The summed E-state index contributed by atoms with van der Waals surface area (Å²) in [6, 6.07) is 1.81. The molecule has 1 aromatic carbocycles. The smallest absolute Gasteiger partial charge is 0.238 e. The molecule has 0 saturated carbocycles. The molecule has 2 heterocycles. The molecule has 5 nitrogen and oxygen atoms in total. The van der Waals surface area contributed by atoms with Crippen molar-refractivity contribution in [3.05, 3.63) is 40.5 Å². The number of hydrogen-bond acceptors (Lipinski definition) is 3. The molecule has 0 radical (unpaired) electrons. The summed E-state index contributed by atoms with van der Waals surface area (Å²) in [5.74, 6) is 0. The first-order valence-electron chi connectivity index (χ1n) is 7.51. The van der Waals surface area contributed by atoms with Crippen LogP contribution in [0.25, 0.3) is 10.9 Å². The molecule has 1 aliphatic heterocycles. The van der Waals surface area contributed by atoms with Crippen molar-refractivity contribution in [2.45, 2.75) is 18.1 Å². The number of aromatic amines is 1. The van der Waals surface area contributed by atoms with Gasteiger partial charge in [0.2, 0.25) is 10.0 Å². The highest BCUT2D eigenvalue weighted by molar-refractivity contribution is 7.93. The van der Waals surface area contributed by atoms with E-state index in [9.17, 15) is 8.42 Å². The van der Waals surface area contributed by atoms with E-state index < -0.39 is 15.3 Å². The van der Waals surface area contributed by atoms with Crippen molar-refractivity contribution in [3.8, 4) is 0 Å². The molecule has 1 unspecified atom stereocenters. The standard InChI is InChI=1S/C16H18Cl2N2O3S/c1-3-5-20-16-10(7-11(4-6-23-2)24(20,21)22)8-12(17)14-13(18)9-19-15(14)16/h3,8-9,11,19H,1,4-7H2,2H3. The average molecular weight is 389 g/mol. The third-order valence-corrected chi connectivity index (χ3v) is 7.06. The van der Waals surface area contributed by atoms with E-state index in [1.165, 1.54) is 4.31 Å². The highest BCUT2D eigenvalue weighted by atomic mass is 35.5. The molecule has 130 valence electrons. The SMILES string of the molecule is C=CCN1c2c(cc(Cl)c3c(Cl)c[nH]c23)CC(CCOC)S1(=O)=O. The fourth-order valence-corrected chi connectivity index (χ4v) is 5.73. The third-order valence-electron chi connectivity index (χ3n) is 4.28. The van der Waals surface area contributed by atoms with Crippen LogP contribution in [0.2, 0.25) is 10.0 Å². The monoisotopic (exact) mass is 388 g/mol. The topological polar surface area (TPSA) is 62.4 Å². The van der Waals surface area contributed by atoms with Gasteiger partial charge in [0.05, 0.1) is 33.0 Å². The van der Waals surface area contributed by atoms with Crippen LogP contribution >= 0.6 is 23.2 Å². The minimum atomic E-state index is -3.53. The van der Waals surface area contributed by atoms with Gasteiger partial charge in [-0.3, -0.25) is 4.31 Å². The van der Waals surface area contributed by atoms with Gasteiger partial charge in [0, 0.05) is 25.3 Å². The molecule has 0 saturated heterocycles. The number of fused-ring (bicyclic) bond motifs is 3. The second kappa shape index (κ2) is 6.59. The largest absolute Gasteiger partial charge is 0.385 e. The highest BCUT2D eigenvalue weighted by Gasteiger charge is 2.39. The number of halogens is 2. The molecule has 1 atom stereocenters. The predicted octanol–water partition coefficient (Wildman–Crippen LogP) is 3.76. The van der Waals surface area contributed by atoms with E-state index >= 15 is 0 Å². The summed E-state index contributed by atoms with van der Waals surface area (Å²) >= 11 is 12.6. The van der Waals surface area contributed by atoms with Gasteiger partial charge in [-0.1, -0.05) is 29.3 Å². The molecule has 24 heavy (non-hydrogen) atoms. The van der Waals surface area contributed by atoms with Crippen LogP contribution in [0.3, 0.4) is 0 Å². The fourth-order valence-electron chi connectivity index (χ4n) is 3.18. The minimum Gasteiger partial charge on any atom is -0.385 e. The van der Waals surface area contributed by atoms with Crippen LogP contribution < -0.4 is 4.31 Å². The highest BCUT2D eigenvalue weighted by Crippen LogP contribution is 2.44. The van der Waals surface area contributed by atoms with Crippen molar-refractivity contribution < 1.29 is 13.2 Å². The van der Waals surface area contributed by atoms with Gasteiger partial charge in [-0.15, -0.1) is 6.58 Å². The zero-order valence-electron chi connectivity index (χ0n) is 13.2. The second-order valence-electron chi connectivity index (χ2n) is 5.73. The van der Waals surface area contributed by atoms with Crippen molar-refractivity contribution in [1.82, 2.24) is 4.98 Å². The lowest BCUT2D eigenvalue weighted by Crippen LogP contribution is -2.44. The molecular weight excluding hydrogens is 371 g/mol. The number of aromatic nitrogens is 1. The van der Waals surface area contributed by atoms with Gasteiger partial charge in [0.15, 0.2) is 0 Å². The van der Waals surface area contributed by atoms with Crippen LogP contribution in [-0.4, -0.2) is 38.9 Å². The summed E-state index contributed by atoms with van der Waals surface area (Å²) in [4.78, 5) is 3.06. The summed E-state index contributed by atoms with van der Waals surface area (Å²) in [5, 5.41) is 1.06. The number of nitrogens with zero attached hydrogens (tertiary/aromatic N) is 1. The Hall–Kier alpha value is -1.21. The Morgan fingerprint density at radius 2 is 2.21 bits per heavy atom. The molecule has 1 N–H and O–H groups in total. The number of methoxy groups -OCH3 is 1. The first-order chi connectivity index (χ1) is 11.4. The molecule has 0 fully saturated rings. The van der Waals surface area contributed by atoms with E-state index in [1.807, 2.05) is 6.07 Å². The molecule has 0 amide bonds. The van der Waals surface area contributed by atoms with Crippen molar-refractivity contribution in [2.24, 2.45) is 0 Å². The molecule has 1 aromatic heterocycles. The average Bonchev–Trinajstić information content (AvgIpc) is 2.91. The van der Waals surface area contributed by atoms with Crippen molar-refractivity contribution >= 4 is 49.8 Å². The molecule has 1 aliphatic rings. The van der Waals surface area contributed by atoms with Gasteiger partial charge in [0.25, 0.3) is 0 Å². The Morgan fingerprint density at radius 3 is 2.88 bits per heavy atom. The Kier molecular flexibility index (Phi) is 4.84. The summed E-state index contributed by atoms with van der Waals surface area (Å²) in [5.41, 5.74) is 2.12. The summed E-state index contributed by atoms with van der Waals surface area (Å²) in [6.07, 6.45) is 4.01. The molecular formula is C16H18Cl2N2O3S. The number of sulfonamides is 1. The molecule has 3 rings (SSSR count). The Bertz CT molecular complexity index is 892. The Balaban J connectivity index is 2.24. The van der Waals surface area contributed by atoms with E-state index in [0.717, 1.165) is 5.56 Å². The second-order valence-corrected chi connectivity index (χ2v) is 8.68. The lowest BCUT2D eigenvalue weighted by Gasteiger charge is -2.35. The number of hydrogen-bond donors (Lipinski definition) is 1. The fraction of sp³-hybridized carbons (Fsp3) is 0.375. The number of rotatable bonds is 5. The molecule has 0 aliphatic carbocycles. The van der Waals surface area contributed by atoms with Crippen LogP contribution in [-0.2, 0) is 21.2 Å². The molecule has 2 aromatic rings. The zero-order chi connectivity index (χ0) is 17.5. The van der Waals surface area contributed by atoms with Crippen LogP contribution in [0.1, 0.15) is 12.0 Å². The molecule has 8 heteroatoms. The van der Waals surface area contributed by atoms with Gasteiger partial charge >= 0.3 is 0 Å². The lowest BCUT2D eigenvalue weighted by atomic mass is 10.0. The van der Waals surface area contributed by atoms with Crippen LogP contribution in [0, 0.1) is 0 Å². The zero-order valence-corrected chi connectivity index (χ0v) is 15.5. The van der Waals surface area contributed by atoms with Crippen LogP contribution in [0.15, 0.2) is 24.9 Å². The number of benzene rings is 1. The first-order valence-corrected chi connectivity index (χ1v) is 9.77. The maximum absolute atomic E-state index is 13.0. The molecule has 0 spiro atoms. The van der Waals surface area contributed by atoms with E-state index in [0.29, 0.717) is 46.1 Å². The van der Waals surface area contributed by atoms with Gasteiger partial charge in [-0.25, -0.2) is 8.42 Å². The van der Waals surface area contributed by atoms with E-state index in [1.54, 1.807) is 19.4 Å². The van der Waals surface area contributed by atoms with E-state index in [4.69, 9.17) is 27.9 Å². The number of H-pyrrole nitrogens is 1. The van der Waals surface area contributed by atoms with Crippen LogP contribution in [0.5, 0.6) is 0 Å². The normalized spacial score (nSPS) is 19.5. The van der Waals surface area contributed by atoms with Gasteiger partial charge in [-0.2, -0.15) is 0 Å².